The van der Waals surface area contributed by atoms with Crippen LogP contribution in [0.3, 0.4) is 0 Å². The fourth-order valence-corrected chi connectivity index (χ4v) is 4.71. The lowest BCUT2D eigenvalue weighted by atomic mass is 10.1. The van der Waals surface area contributed by atoms with Gasteiger partial charge in [0.15, 0.2) is 11.6 Å². The van der Waals surface area contributed by atoms with Gasteiger partial charge in [0.05, 0.1) is 35.5 Å². The number of benzene rings is 3. The number of amides is 1. The van der Waals surface area contributed by atoms with E-state index >= 15 is 4.39 Å². The summed E-state index contributed by atoms with van der Waals surface area (Å²) in [6, 6.07) is 20.5. The SMILES string of the molecule is Cc1c(C(=O)Nc2ccc(-c3nc(-c4cccc(OCCC(C)(C)O)c4F)cnc3N)cc2)c(=O)n(-c2ccccc2)n1C. The van der Waals surface area contributed by atoms with Crippen LogP contribution in [0.2, 0.25) is 0 Å². The number of anilines is 2. The molecule has 0 atom stereocenters. The number of carbonyl (C=O) groups excluding carboxylic acids is 1. The van der Waals surface area contributed by atoms with E-state index in [-0.39, 0.29) is 35.0 Å². The lowest BCUT2D eigenvalue weighted by molar-refractivity contribution is 0.0547. The van der Waals surface area contributed by atoms with Crippen molar-refractivity contribution in [1.29, 1.82) is 0 Å². The Balaban J connectivity index is 1.37. The predicted molar refractivity (Wildman–Crippen MR) is 167 cm³/mol. The van der Waals surface area contributed by atoms with Crippen molar-refractivity contribution in [3.63, 3.8) is 0 Å². The number of ether oxygens (including phenoxy) is 1. The summed E-state index contributed by atoms with van der Waals surface area (Å²) in [5.41, 5.74) is 7.81. The van der Waals surface area contributed by atoms with Gasteiger partial charge in [-0.15, -0.1) is 0 Å². The molecule has 11 heteroatoms. The summed E-state index contributed by atoms with van der Waals surface area (Å²) in [7, 11) is 1.72. The topological polar surface area (TPSA) is 137 Å². The number of rotatable bonds is 9. The molecule has 0 spiro atoms. The highest BCUT2D eigenvalue weighted by Crippen LogP contribution is 2.31. The van der Waals surface area contributed by atoms with E-state index in [0.29, 0.717) is 34.7 Å². The largest absolute Gasteiger partial charge is 0.490 e. The molecule has 1 amide bonds. The van der Waals surface area contributed by atoms with Crippen LogP contribution in [0.1, 0.15) is 36.3 Å². The Labute approximate surface area is 253 Å². The molecule has 0 aliphatic rings. The van der Waals surface area contributed by atoms with Crippen molar-refractivity contribution in [2.75, 3.05) is 17.7 Å². The van der Waals surface area contributed by atoms with Crippen molar-refractivity contribution >= 4 is 17.4 Å². The van der Waals surface area contributed by atoms with Crippen LogP contribution in [-0.2, 0) is 7.05 Å². The molecule has 10 nitrogen and oxygen atoms in total. The Morgan fingerprint density at radius 2 is 1.77 bits per heavy atom. The van der Waals surface area contributed by atoms with Crippen LogP contribution in [-0.4, -0.2) is 42.6 Å². The third-order valence-corrected chi connectivity index (χ3v) is 7.21. The average Bonchev–Trinajstić information content (AvgIpc) is 3.21. The Kier molecular flexibility index (Phi) is 8.32. The van der Waals surface area contributed by atoms with Crippen LogP contribution >= 0.6 is 0 Å². The van der Waals surface area contributed by atoms with Crippen LogP contribution in [0, 0.1) is 12.7 Å². The number of carbonyl (C=O) groups is 1. The van der Waals surface area contributed by atoms with E-state index < -0.39 is 22.9 Å². The molecule has 44 heavy (non-hydrogen) atoms. The summed E-state index contributed by atoms with van der Waals surface area (Å²) in [6.07, 6.45) is 1.71. The van der Waals surface area contributed by atoms with Gasteiger partial charge in [0, 0.05) is 30.3 Å². The van der Waals surface area contributed by atoms with Gasteiger partial charge in [-0.3, -0.25) is 14.3 Å². The summed E-state index contributed by atoms with van der Waals surface area (Å²) in [6.45, 7) is 5.16. The molecule has 0 fully saturated rings. The van der Waals surface area contributed by atoms with Crippen LogP contribution in [0.5, 0.6) is 5.75 Å². The van der Waals surface area contributed by atoms with Crippen molar-refractivity contribution in [1.82, 2.24) is 19.3 Å². The molecular formula is C33H33FN6O4. The van der Waals surface area contributed by atoms with E-state index in [1.165, 1.54) is 16.9 Å². The van der Waals surface area contributed by atoms with Crippen LogP contribution in [0.25, 0.3) is 28.2 Å². The maximum atomic E-state index is 15.4. The molecule has 5 aromatic rings. The molecule has 5 rings (SSSR count). The number of nitrogens with one attached hydrogen (secondary N) is 1. The van der Waals surface area contributed by atoms with Gasteiger partial charge in [0.1, 0.15) is 17.1 Å². The van der Waals surface area contributed by atoms with Gasteiger partial charge in [-0.2, -0.15) is 0 Å². The summed E-state index contributed by atoms with van der Waals surface area (Å²) >= 11 is 0. The van der Waals surface area contributed by atoms with Gasteiger partial charge in [0.2, 0.25) is 0 Å². The van der Waals surface area contributed by atoms with Crippen LogP contribution in [0.4, 0.5) is 15.9 Å². The molecule has 0 saturated carbocycles. The van der Waals surface area contributed by atoms with Gasteiger partial charge >= 0.3 is 0 Å². The van der Waals surface area contributed by atoms with E-state index in [0.717, 1.165) is 0 Å². The molecule has 0 saturated heterocycles. The van der Waals surface area contributed by atoms with Crippen molar-refractivity contribution in [3.05, 3.63) is 106 Å². The Morgan fingerprint density at radius 1 is 1.07 bits per heavy atom. The zero-order valence-electron chi connectivity index (χ0n) is 24.8. The zero-order valence-corrected chi connectivity index (χ0v) is 24.8. The number of nitrogens with two attached hydrogens (primary N) is 1. The van der Waals surface area contributed by atoms with E-state index in [1.807, 2.05) is 18.2 Å². The molecule has 0 aliphatic carbocycles. The normalized spacial score (nSPS) is 11.4. The highest BCUT2D eigenvalue weighted by molar-refractivity contribution is 6.05. The molecule has 4 N–H and O–H groups in total. The highest BCUT2D eigenvalue weighted by Gasteiger charge is 2.23. The molecule has 0 aliphatic heterocycles. The second-order valence-corrected chi connectivity index (χ2v) is 11.0. The first-order valence-electron chi connectivity index (χ1n) is 14.0. The highest BCUT2D eigenvalue weighted by atomic mass is 19.1. The molecule has 0 bridgehead atoms. The van der Waals surface area contributed by atoms with E-state index in [1.54, 1.807) is 81.0 Å². The van der Waals surface area contributed by atoms with Crippen LogP contribution in [0.15, 0.2) is 83.8 Å². The lowest BCUT2D eigenvalue weighted by Crippen LogP contribution is -2.25. The van der Waals surface area contributed by atoms with Crippen molar-refractivity contribution in [2.24, 2.45) is 7.05 Å². The average molecular weight is 597 g/mol. The maximum Gasteiger partial charge on any atom is 0.284 e. The summed E-state index contributed by atoms with van der Waals surface area (Å²) in [5, 5.41) is 12.7. The van der Waals surface area contributed by atoms with Gasteiger partial charge in [0.25, 0.3) is 11.5 Å². The first-order chi connectivity index (χ1) is 20.9. The lowest BCUT2D eigenvalue weighted by Gasteiger charge is -2.17. The Morgan fingerprint density at radius 3 is 2.45 bits per heavy atom. The van der Waals surface area contributed by atoms with Crippen molar-refractivity contribution < 1.29 is 19.0 Å². The fourth-order valence-electron chi connectivity index (χ4n) is 4.71. The molecule has 0 unspecified atom stereocenters. The number of halogens is 1. The van der Waals surface area contributed by atoms with Gasteiger partial charge in [-0.25, -0.2) is 19.0 Å². The standard InChI is InChI=1S/C33H33FN6O4/c1-20-27(32(42)40(39(20)4)23-9-6-5-7-10-23)31(41)37-22-15-13-21(14-16-22)29-30(35)36-19-25(38-29)24-11-8-12-26(28(24)34)44-18-17-33(2,3)43/h5-16,19,43H,17-18H2,1-4H3,(H2,35,36)(H,37,41). The number of nitrogens with zero attached hydrogens (tertiary/aromatic N) is 4. The van der Waals surface area contributed by atoms with E-state index in [9.17, 15) is 14.7 Å². The van der Waals surface area contributed by atoms with Crippen molar-refractivity contribution in [2.45, 2.75) is 32.8 Å². The fraction of sp³-hybridized carbons (Fsp3) is 0.212. The second-order valence-electron chi connectivity index (χ2n) is 11.0. The Bertz CT molecular complexity index is 1880. The minimum Gasteiger partial charge on any atom is -0.490 e. The molecule has 0 radical (unpaired) electrons. The van der Waals surface area contributed by atoms with Gasteiger partial charge < -0.3 is 20.9 Å². The smallest absolute Gasteiger partial charge is 0.284 e. The minimum absolute atomic E-state index is 0.0381. The Hall–Kier alpha value is -5.29. The molecular weight excluding hydrogens is 563 g/mol. The van der Waals surface area contributed by atoms with Crippen LogP contribution < -0.4 is 21.3 Å². The molecule has 2 aromatic heterocycles. The van der Waals surface area contributed by atoms with E-state index in [2.05, 4.69) is 15.3 Å². The van der Waals surface area contributed by atoms with Gasteiger partial charge in [-0.05, 0) is 57.2 Å². The third kappa shape index (κ3) is 6.23. The number of aliphatic hydroxyl groups is 1. The summed E-state index contributed by atoms with van der Waals surface area (Å²) in [5.74, 6) is -0.957. The van der Waals surface area contributed by atoms with E-state index in [4.69, 9.17) is 10.5 Å². The predicted octanol–water partition coefficient (Wildman–Crippen LogP) is 5.12. The minimum atomic E-state index is -0.936. The number of para-hydroxylation sites is 1. The first kappa shape index (κ1) is 30.2. The summed E-state index contributed by atoms with van der Waals surface area (Å²) in [4.78, 5) is 35.2. The second kappa shape index (κ2) is 12.1. The monoisotopic (exact) mass is 596 g/mol. The molecule has 3 aromatic carbocycles. The molecule has 2 heterocycles. The zero-order chi connectivity index (χ0) is 31.6. The third-order valence-electron chi connectivity index (χ3n) is 7.21. The number of hydrogen-bond donors (Lipinski definition) is 3. The number of hydrogen-bond acceptors (Lipinski definition) is 7. The van der Waals surface area contributed by atoms with Gasteiger partial charge in [-0.1, -0.05) is 36.4 Å². The number of nitrogen functional groups attached to an aromatic ring is 1. The quantitative estimate of drug-likeness (QED) is 0.215. The molecule has 226 valence electrons. The first-order valence-corrected chi connectivity index (χ1v) is 14.0. The maximum absolute atomic E-state index is 15.4. The van der Waals surface area contributed by atoms with Crippen molar-refractivity contribution in [3.8, 4) is 34.0 Å². The summed E-state index contributed by atoms with van der Waals surface area (Å²) < 4.78 is 24.0. The number of aromatic nitrogens is 4.